The molecule has 1 amide bonds. The number of hydrogen-bond donors (Lipinski definition) is 1. The maximum absolute atomic E-state index is 11.5. The van der Waals surface area contributed by atoms with Gasteiger partial charge in [-0.1, -0.05) is 22.0 Å². The predicted molar refractivity (Wildman–Crippen MR) is 80.4 cm³/mol. The molecule has 0 spiro atoms. The molecule has 1 rings (SSSR count). The number of nitrogens with zero attached hydrogens (tertiary/aromatic N) is 1. The van der Waals surface area contributed by atoms with Crippen molar-refractivity contribution in [3.8, 4) is 5.75 Å². The molecule has 1 aromatic carbocycles. The van der Waals surface area contributed by atoms with Crippen LogP contribution < -0.4 is 10.1 Å². The lowest BCUT2D eigenvalue weighted by Gasteiger charge is -2.10. The largest absolute Gasteiger partial charge is 0.493 e. The van der Waals surface area contributed by atoms with Gasteiger partial charge in [-0.05, 0) is 45.3 Å². The van der Waals surface area contributed by atoms with E-state index >= 15 is 0 Å². The van der Waals surface area contributed by atoms with Gasteiger partial charge in [-0.15, -0.1) is 0 Å². The molecule has 0 atom stereocenters. The molecule has 106 valence electrons. The van der Waals surface area contributed by atoms with Crippen LogP contribution in [0.5, 0.6) is 5.75 Å². The van der Waals surface area contributed by atoms with Gasteiger partial charge in [0.1, 0.15) is 5.75 Å². The molecule has 0 saturated heterocycles. The van der Waals surface area contributed by atoms with Gasteiger partial charge >= 0.3 is 0 Å². The number of benzene rings is 1. The zero-order valence-corrected chi connectivity index (χ0v) is 13.1. The first-order chi connectivity index (χ1) is 9.08. The monoisotopic (exact) mass is 328 g/mol. The Morgan fingerprint density at radius 1 is 1.42 bits per heavy atom. The summed E-state index contributed by atoms with van der Waals surface area (Å²) in [6.45, 7) is 2.10. The Morgan fingerprint density at radius 3 is 2.89 bits per heavy atom. The fourth-order valence-electron chi connectivity index (χ4n) is 1.53. The highest BCUT2D eigenvalue weighted by molar-refractivity contribution is 9.10. The van der Waals surface area contributed by atoms with Crippen molar-refractivity contribution < 1.29 is 9.53 Å². The molecular formula is C14H21BrN2O2. The maximum Gasteiger partial charge on any atom is 0.223 e. The van der Waals surface area contributed by atoms with Gasteiger partial charge in [0.15, 0.2) is 0 Å². The summed E-state index contributed by atoms with van der Waals surface area (Å²) in [5.74, 6) is 0.809. The molecule has 0 heterocycles. The second kappa shape index (κ2) is 8.93. The molecule has 0 radical (unpaired) electrons. The molecule has 0 aromatic heterocycles. The van der Waals surface area contributed by atoms with Gasteiger partial charge in [0, 0.05) is 11.0 Å². The Labute approximate surface area is 123 Å². The van der Waals surface area contributed by atoms with Gasteiger partial charge in [-0.3, -0.25) is 4.79 Å². The van der Waals surface area contributed by atoms with Gasteiger partial charge in [0.25, 0.3) is 0 Å². The normalized spacial score (nSPS) is 10.5. The van der Waals surface area contributed by atoms with E-state index < -0.39 is 0 Å². The van der Waals surface area contributed by atoms with Crippen LogP contribution in [0.1, 0.15) is 12.8 Å². The Hall–Kier alpha value is -1.07. The smallest absolute Gasteiger partial charge is 0.223 e. The van der Waals surface area contributed by atoms with Gasteiger partial charge in [0.05, 0.1) is 13.0 Å². The number of rotatable bonds is 8. The van der Waals surface area contributed by atoms with E-state index in [1.165, 1.54) is 0 Å². The Balaban J connectivity index is 2.10. The maximum atomic E-state index is 11.5. The minimum absolute atomic E-state index is 0.0359. The van der Waals surface area contributed by atoms with Crippen molar-refractivity contribution in [3.63, 3.8) is 0 Å². The van der Waals surface area contributed by atoms with Crippen molar-refractivity contribution in [2.45, 2.75) is 12.8 Å². The van der Waals surface area contributed by atoms with Crippen LogP contribution in [0.4, 0.5) is 0 Å². The van der Waals surface area contributed by atoms with E-state index in [4.69, 9.17) is 4.74 Å². The van der Waals surface area contributed by atoms with Crippen LogP contribution in [0.3, 0.4) is 0 Å². The first kappa shape index (κ1) is 16.0. The van der Waals surface area contributed by atoms with E-state index in [0.29, 0.717) is 19.6 Å². The molecular weight excluding hydrogens is 308 g/mol. The first-order valence-electron chi connectivity index (χ1n) is 6.38. The van der Waals surface area contributed by atoms with Crippen LogP contribution in [-0.4, -0.2) is 44.6 Å². The molecule has 0 fully saturated rings. The molecule has 1 aromatic rings. The van der Waals surface area contributed by atoms with E-state index in [0.717, 1.165) is 23.2 Å². The molecule has 0 unspecified atom stereocenters. The van der Waals surface area contributed by atoms with Crippen LogP contribution in [0.25, 0.3) is 0 Å². The fraction of sp³-hybridized carbons (Fsp3) is 0.500. The molecule has 4 nitrogen and oxygen atoms in total. The van der Waals surface area contributed by atoms with E-state index in [1.807, 2.05) is 38.4 Å². The second-order valence-corrected chi connectivity index (χ2v) is 5.48. The van der Waals surface area contributed by atoms with Gasteiger partial charge in [-0.2, -0.15) is 0 Å². The summed E-state index contributed by atoms with van der Waals surface area (Å²) in [5.41, 5.74) is 0. The lowest BCUT2D eigenvalue weighted by atomic mass is 10.3. The van der Waals surface area contributed by atoms with Gasteiger partial charge in [-0.25, -0.2) is 0 Å². The third kappa shape index (κ3) is 7.85. The van der Waals surface area contributed by atoms with Crippen LogP contribution in [0, 0.1) is 0 Å². The van der Waals surface area contributed by atoms with E-state index in [1.54, 1.807) is 0 Å². The number of amides is 1. The van der Waals surface area contributed by atoms with E-state index in [-0.39, 0.29) is 5.91 Å². The number of carbonyl (C=O) groups excluding carboxylic acids is 1. The molecule has 0 aliphatic rings. The predicted octanol–water partition coefficient (Wildman–Crippen LogP) is 2.29. The Bertz CT molecular complexity index is 397. The minimum atomic E-state index is 0.0359. The number of halogens is 1. The molecule has 0 aliphatic carbocycles. The van der Waals surface area contributed by atoms with Gasteiger partial charge < -0.3 is 15.0 Å². The summed E-state index contributed by atoms with van der Waals surface area (Å²) in [7, 11) is 4.04. The average Bonchev–Trinajstić information content (AvgIpc) is 2.34. The summed E-state index contributed by atoms with van der Waals surface area (Å²) >= 11 is 3.37. The highest BCUT2D eigenvalue weighted by Crippen LogP contribution is 2.17. The lowest BCUT2D eigenvalue weighted by molar-refractivity contribution is -0.121. The molecule has 1 N–H and O–H groups in total. The third-order valence-corrected chi connectivity index (χ3v) is 2.99. The van der Waals surface area contributed by atoms with Crippen molar-refractivity contribution in [2.24, 2.45) is 0 Å². The summed E-state index contributed by atoms with van der Waals surface area (Å²) in [5, 5.41) is 2.88. The van der Waals surface area contributed by atoms with Crippen molar-refractivity contribution in [1.82, 2.24) is 10.2 Å². The van der Waals surface area contributed by atoms with Crippen molar-refractivity contribution in [3.05, 3.63) is 28.7 Å². The lowest BCUT2D eigenvalue weighted by Crippen LogP contribution is -2.28. The zero-order chi connectivity index (χ0) is 14.1. The highest BCUT2D eigenvalue weighted by atomic mass is 79.9. The van der Waals surface area contributed by atoms with Crippen LogP contribution in [-0.2, 0) is 4.79 Å². The number of carbonyl (C=O) groups is 1. The number of nitrogens with one attached hydrogen (secondary N) is 1. The molecule has 0 aliphatic heterocycles. The summed E-state index contributed by atoms with van der Waals surface area (Å²) < 4.78 is 6.47. The number of hydrogen-bond acceptors (Lipinski definition) is 3. The van der Waals surface area contributed by atoms with Crippen LogP contribution >= 0.6 is 15.9 Å². The fourth-order valence-corrected chi connectivity index (χ4v) is 1.91. The molecule has 0 saturated carbocycles. The Morgan fingerprint density at radius 2 is 2.21 bits per heavy atom. The van der Waals surface area contributed by atoms with Gasteiger partial charge in [0.2, 0.25) is 5.91 Å². The standard InChI is InChI=1S/C14H21BrN2O2/c1-17(2)9-4-8-16-14(18)7-10-19-13-6-3-5-12(15)11-13/h3,5-6,11H,4,7-10H2,1-2H3,(H,16,18). The molecule has 5 heteroatoms. The minimum Gasteiger partial charge on any atom is -0.493 e. The quantitative estimate of drug-likeness (QED) is 0.744. The second-order valence-electron chi connectivity index (χ2n) is 4.56. The van der Waals surface area contributed by atoms with Crippen LogP contribution in [0.15, 0.2) is 28.7 Å². The first-order valence-corrected chi connectivity index (χ1v) is 7.17. The van der Waals surface area contributed by atoms with Crippen LogP contribution in [0.2, 0.25) is 0 Å². The molecule has 0 bridgehead atoms. The third-order valence-electron chi connectivity index (χ3n) is 2.50. The zero-order valence-electron chi connectivity index (χ0n) is 11.5. The SMILES string of the molecule is CN(C)CCCNC(=O)CCOc1cccc(Br)c1. The topological polar surface area (TPSA) is 41.6 Å². The van der Waals surface area contributed by atoms with E-state index in [2.05, 4.69) is 26.1 Å². The van der Waals surface area contributed by atoms with Crippen molar-refractivity contribution in [2.75, 3.05) is 33.8 Å². The summed E-state index contributed by atoms with van der Waals surface area (Å²) in [4.78, 5) is 13.6. The summed E-state index contributed by atoms with van der Waals surface area (Å²) in [6.07, 6.45) is 1.35. The van der Waals surface area contributed by atoms with Crippen molar-refractivity contribution in [1.29, 1.82) is 0 Å². The molecule has 19 heavy (non-hydrogen) atoms. The Kier molecular flexibility index (Phi) is 7.52. The summed E-state index contributed by atoms with van der Waals surface area (Å²) in [6, 6.07) is 7.60. The van der Waals surface area contributed by atoms with E-state index in [9.17, 15) is 4.79 Å². The highest BCUT2D eigenvalue weighted by Gasteiger charge is 2.02. The average molecular weight is 329 g/mol. The number of ether oxygens (including phenoxy) is 1. The van der Waals surface area contributed by atoms with Crippen molar-refractivity contribution >= 4 is 21.8 Å².